The van der Waals surface area contributed by atoms with E-state index in [4.69, 9.17) is 4.74 Å². The molecule has 7 nitrogen and oxygen atoms in total. The first-order valence-corrected chi connectivity index (χ1v) is 9.43. The fourth-order valence-corrected chi connectivity index (χ4v) is 3.33. The van der Waals surface area contributed by atoms with Crippen LogP contribution in [-0.4, -0.2) is 44.5 Å². The summed E-state index contributed by atoms with van der Waals surface area (Å²) < 4.78 is 8.26. The van der Waals surface area contributed by atoms with Crippen LogP contribution >= 0.6 is 15.9 Å². The van der Waals surface area contributed by atoms with Crippen LogP contribution in [0.1, 0.15) is 39.3 Å². The first-order valence-electron chi connectivity index (χ1n) is 8.63. The van der Waals surface area contributed by atoms with Crippen molar-refractivity contribution in [2.75, 3.05) is 6.54 Å². The molecular formula is C18H23BrN4O3. The zero-order valence-corrected chi connectivity index (χ0v) is 16.7. The monoisotopic (exact) mass is 422 g/mol. The second-order valence-corrected chi connectivity index (χ2v) is 8.31. The van der Waals surface area contributed by atoms with Gasteiger partial charge in [-0.2, -0.15) is 0 Å². The Kier molecular flexibility index (Phi) is 5.22. The molecule has 1 N–H and O–H groups in total. The van der Waals surface area contributed by atoms with Gasteiger partial charge in [-0.05, 0) is 61.7 Å². The maximum absolute atomic E-state index is 12.6. The number of halogens is 1. The largest absolute Gasteiger partial charge is 0.444 e. The number of amides is 2. The van der Waals surface area contributed by atoms with Crippen molar-refractivity contribution in [2.45, 2.75) is 51.8 Å². The third kappa shape index (κ3) is 4.35. The lowest BCUT2D eigenvalue weighted by Crippen LogP contribution is -2.47. The Labute approximate surface area is 160 Å². The van der Waals surface area contributed by atoms with Crippen molar-refractivity contribution in [3.63, 3.8) is 0 Å². The Morgan fingerprint density at radius 1 is 1.35 bits per heavy atom. The van der Waals surface area contributed by atoms with Gasteiger partial charge in [-0.1, -0.05) is 0 Å². The number of likely N-dealkylation sites (tertiary alicyclic amines) is 1. The van der Waals surface area contributed by atoms with Crippen LogP contribution in [0.5, 0.6) is 0 Å². The number of hydrogen-bond acceptors (Lipinski definition) is 4. The predicted octanol–water partition coefficient (Wildman–Crippen LogP) is 3.11. The number of imidazole rings is 1. The highest BCUT2D eigenvalue weighted by Gasteiger charge is 2.36. The summed E-state index contributed by atoms with van der Waals surface area (Å²) in [6.45, 7) is 6.31. The first kappa shape index (κ1) is 18.7. The Bertz CT molecular complexity index is 827. The average molecular weight is 423 g/mol. The number of aromatic nitrogens is 2. The summed E-state index contributed by atoms with van der Waals surface area (Å²) in [5.74, 6) is -0.174. The number of pyridine rings is 1. The molecule has 0 spiro atoms. The fraction of sp³-hybridized carbons (Fsp3) is 0.500. The number of nitrogens with zero attached hydrogens (tertiary/aromatic N) is 3. The molecule has 2 aromatic heterocycles. The molecule has 1 fully saturated rings. The third-order valence-electron chi connectivity index (χ3n) is 4.09. The molecule has 2 aromatic rings. The van der Waals surface area contributed by atoms with Crippen molar-refractivity contribution in [3.8, 4) is 0 Å². The second kappa shape index (κ2) is 7.26. The van der Waals surface area contributed by atoms with Crippen LogP contribution in [0.4, 0.5) is 4.79 Å². The molecule has 1 saturated heterocycles. The average Bonchev–Trinajstić information content (AvgIpc) is 3.17. The van der Waals surface area contributed by atoms with E-state index in [2.05, 4.69) is 26.2 Å². The van der Waals surface area contributed by atoms with E-state index in [9.17, 15) is 9.59 Å². The van der Waals surface area contributed by atoms with Crippen LogP contribution in [0.3, 0.4) is 0 Å². The standard InChI is InChI=1S/C18H23BrN4O3/c1-18(2,3)26-17(25)23-8-4-5-14(23)16(24)20-9-13-11-22-10-12(19)6-7-15(22)21-13/h6-7,10-11,14H,4-5,8-9H2,1-3H3,(H,20,24). The molecule has 1 atom stereocenters. The van der Waals surface area contributed by atoms with Gasteiger partial charge in [0.15, 0.2) is 0 Å². The topological polar surface area (TPSA) is 75.9 Å². The predicted molar refractivity (Wildman–Crippen MR) is 101 cm³/mol. The molecule has 2 amide bonds. The Morgan fingerprint density at radius 2 is 2.12 bits per heavy atom. The summed E-state index contributed by atoms with van der Waals surface area (Å²) in [5, 5.41) is 2.89. The minimum absolute atomic E-state index is 0.174. The van der Waals surface area contributed by atoms with Gasteiger partial charge < -0.3 is 14.5 Å². The van der Waals surface area contributed by atoms with E-state index in [0.29, 0.717) is 19.5 Å². The van der Waals surface area contributed by atoms with E-state index in [1.54, 1.807) is 0 Å². The highest BCUT2D eigenvalue weighted by atomic mass is 79.9. The normalized spacial score (nSPS) is 17.5. The summed E-state index contributed by atoms with van der Waals surface area (Å²) in [5.41, 5.74) is 0.998. The van der Waals surface area contributed by atoms with Crippen molar-refractivity contribution in [1.82, 2.24) is 19.6 Å². The first-order chi connectivity index (χ1) is 12.2. The molecule has 0 aromatic carbocycles. The van der Waals surface area contributed by atoms with E-state index in [-0.39, 0.29) is 5.91 Å². The van der Waals surface area contributed by atoms with Gasteiger partial charge in [0.05, 0.1) is 12.2 Å². The van der Waals surface area contributed by atoms with Crippen LogP contribution < -0.4 is 5.32 Å². The van der Waals surface area contributed by atoms with Crippen LogP contribution in [0.15, 0.2) is 29.0 Å². The zero-order chi connectivity index (χ0) is 18.9. The smallest absolute Gasteiger partial charge is 0.410 e. The van der Waals surface area contributed by atoms with Gasteiger partial charge in [0.25, 0.3) is 0 Å². The number of hydrogen-bond donors (Lipinski definition) is 1. The number of carbonyl (C=O) groups is 2. The lowest BCUT2D eigenvalue weighted by Gasteiger charge is -2.27. The number of rotatable bonds is 3. The van der Waals surface area contributed by atoms with E-state index in [0.717, 1.165) is 22.2 Å². The molecule has 0 aliphatic carbocycles. The summed E-state index contributed by atoms with van der Waals surface area (Å²) in [6, 6.07) is 3.33. The van der Waals surface area contributed by atoms with Gasteiger partial charge in [-0.15, -0.1) is 0 Å². The second-order valence-electron chi connectivity index (χ2n) is 7.39. The van der Waals surface area contributed by atoms with Crippen LogP contribution in [0.2, 0.25) is 0 Å². The van der Waals surface area contributed by atoms with Crippen molar-refractivity contribution >= 4 is 33.6 Å². The van der Waals surface area contributed by atoms with Crippen molar-refractivity contribution in [3.05, 3.63) is 34.7 Å². The molecule has 1 aliphatic rings. The number of fused-ring (bicyclic) bond motifs is 1. The summed E-state index contributed by atoms with van der Waals surface area (Å²) in [4.78, 5) is 30.9. The van der Waals surface area contributed by atoms with Gasteiger partial charge in [0.1, 0.15) is 17.3 Å². The van der Waals surface area contributed by atoms with Gasteiger partial charge >= 0.3 is 6.09 Å². The third-order valence-corrected chi connectivity index (χ3v) is 4.56. The minimum Gasteiger partial charge on any atom is -0.444 e. The molecule has 26 heavy (non-hydrogen) atoms. The van der Waals surface area contributed by atoms with Crippen LogP contribution in [0, 0.1) is 0 Å². The molecule has 3 rings (SSSR count). The summed E-state index contributed by atoms with van der Waals surface area (Å²) >= 11 is 3.42. The van der Waals surface area contributed by atoms with Crippen molar-refractivity contribution < 1.29 is 14.3 Å². The molecule has 1 unspecified atom stereocenters. The lowest BCUT2D eigenvalue weighted by molar-refractivity contribution is -0.125. The maximum Gasteiger partial charge on any atom is 0.410 e. The van der Waals surface area contributed by atoms with Crippen LogP contribution in [0.25, 0.3) is 5.65 Å². The fourth-order valence-electron chi connectivity index (χ4n) is 2.98. The Balaban J connectivity index is 1.62. The summed E-state index contributed by atoms with van der Waals surface area (Å²) in [7, 11) is 0. The molecule has 8 heteroatoms. The van der Waals surface area contributed by atoms with Crippen molar-refractivity contribution in [1.29, 1.82) is 0 Å². The lowest BCUT2D eigenvalue weighted by atomic mass is 10.2. The number of nitrogens with one attached hydrogen (secondary N) is 1. The van der Waals surface area contributed by atoms with Gasteiger partial charge in [0, 0.05) is 23.4 Å². The van der Waals surface area contributed by atoms with Gasteiger partial charge in [0.2, 0.25) is 5.91 Å². The van der Waals surface area contributed by atoms with E-state index in [1.165, 1.54) is 4.90 Å². The number of ether oxygens (including phenoxy) is 1. The quantitative estimate of drug-likeness (QED) is 0.823. The molecular weight excluding hydrogens is 400 g/mol. The van der Waals surface area contributed by atoms with E-state index >= 15 is 0 Å². The molecule has 0 saturated carbocycles. The van der Waals surface area contributed by atoms with Gasteiger partial charge in [-0.25, -0.2) is 9.78 Å². The van der Waals surface area contributed by atoms with Crippen molar-refractivity contribution in [2.24, 2.45) is 0 Å². The zero-order valence-electron chi connectivity index (χ0n) is 15.2. The summed E-state index contributed by atoms with van der Waals surface area (Å²) in [6.07, 6.45) is 4.78. The Morgan fingerprint density at radius 3 is 2.85 bits per heavy atom. The van der Waals surface area contributed by atoms with Crippen LogP contribution in [-0.2, 0) is 16.1 Å². The van der Waals surface area contributed by atoms with E-state index < -0.39 is 17.7 Å². The molecule has 3 heterocycles. The molecule has 0 bridgehead atoms. The Hall–Kier alpha value is -2.09. The highest BCUT2D eigenvalue weighted by molar-refractivity contribution is 9.10. The van der Waals surface area contributed by atoms with Gasteiger partial charge in [-0.3, -0.25) is 9.69 Å². The molecule has 0 radical (unpaired) electrons. The SMILES string of the molecule is CC(C)(C)OC(=O)N1CCCC1C(=O)NCc1cn2cc(Br)ccc2n1. The van der Waals surface area contributed by atoms with E-state index in [1.807, 2.05) is 49.7 Å². The molecule has 1 aliphatic heterocycles. The highest BCUT2D eigenvalue weighted by Crippen LogP contribution is 2.21. The molecule has 140 valence electrons. The number of carbonyl (C=O) groups excluding carboxylic acids is 2. The minimum atomic E-state index is -0.578. The maximum atomic E-state index is 12.6.